The molecule has 0 spiro atoms. The molecule has 8 rings (SSSR count). The number of methoxy groups -OCH3 is 1. The van der Waals surface area contributed by atoms with Crippen molar-refractivity contribution in [3.63, 3.8) is 0 Å². The Balaban J connectivity index is 0.000000154. The Morgan fingerprint density at radius 3 is 1.55 bits per heavy atom. The Labute approximate surface area is 284 Å². The molecule has 0 fully saturated rings. The minimum atomic E-state index is 0.739. The number of fused-ring (bicyclic) bond motifs is 4. The lowest BCUT2D eigenvalue weighted by atomic mass is 10.1. The van der Waals surface area contributed by atoms with E-state index < -0.39 is 0 Å². The van der Waals surface area contributed by atoms with Crippen LogP contribution in [0.15, 0.2) is 73.1 Å². The molecule has 11 heteroatoms. The van der Waals surface area contributed by atoms with E-state index in [0.717, 1.165) is 105 Å². The van der Waals surface area contributed by atoms with Gasteiger partial charge in [-0.3, -0.25) is 19.9 Å². The first-order chi connectivity index (χ1) is 23.7. The van der Waals surface area contributed by atoms with Crippen molar-refractivity contribution >= 4 is 33.1 Å². The van der Waals surface area contributed by atoms with Gasteiger partial charge in [-0.2, -0.15) is 10.2 Å². The molecule has 0 unspecified atom stereocenters. The van der Waals surface area contributed by atoms with E-state index in [1.165, 1.54) is 10.9 Å². The zero-order chi connectivity index (χ0) is 34.1. The molecule has 0 aliphatic rings. The molecule has 6 heterocycles. The summed E-state index contributed by atoms with van der Waals surface area (Å²) in [5.74, 6) is 2.46. The summed E-state index contributed by atoms with van der Waals surface area (Å²) in [6.07, 6.45) is 6.77. The molecule has 8 aromatic rings. The number of ether oxygens (including phenoxy) is 1. The molecule has 246 valence electrons. The summed E-state index contributed by atoms with van der Waals surface area (Å²) in [7, 11) is 1.67. The first-order valence-electron chi connectivity index (χ1n) is 16.4. The van der Waals surface area contributed by atoms with E-state index in [1.807, 2.05) is 67.3 Å². The van der Waals surface area contributed by atoms with Crippen molar-refractivity contribution in [2.45, 2.75) is 60.3 Å². The minimum absolute atomic E-state index is 0.739. The molecule has 0 saturated carbocycles. The molecule has 0 amide bonds. The maximum Gasteiger partial charge on any atom is 0.177 e. The first-order valence-corrected chi connectivity index (χ1v) is 16.4. The summed E-state index contributed by atoms with van der Waals surface area (Å²) < 4.78 is 9.01. The summed E-state index contributed by atoms with van der Waals surface area (Å²) in [4.78, 5) is 27.4. The molecule has 0 saturated heterocycles. The quantitative estimate of drug-likeness (QED) is 0.191. The second-order valence-corrected chi connectivity index (χ2v) is 12.4. The highest BCUT2D eigenvalue weighted by Gasteiger charge is 2.11. The number of hydrogen-bond donors (Lipinski definition) is 0. The Bertz CT molecular complexity index is 2390. The van der Waals surface area contributed by atoms with Gasteiger partial charge in [-0.05, 0) is 83.4 Å². The molecule has 0 atom stereocenters. The standard InChI is InChI=1S/C19H19N5O.C19H19N5/c1-12-11-20-13(2)19-22-18(23-24(12)19)9-7-15-6-4-14-5-8-16(25-3)10-17(14)21-15;1-12-4-5-15-6-7-16(21-17(15)10-12)8-9-18-22-19-14(3)20-11-13(2)24(19)23-18/h4-6,8,10-11H,7,9H2,1-3H3;4-7,10-11H,8-9H2,1-3H3. The van der Waals surface area contributed by atoms with Crippen molar-refractivity contribution in [1.29, 1.82) is 0 Å². The van der Waals surface area contributed by atoms with E-state index in [-0.39, 0.29) is 0 Å². The topological polar surface area (TPSA) is 121 Å². The molecule has 0 aliphatic heterocycles. The maximum absolute atomic E-state index is 5.28. The summed E-state index contributed by atoms with van der Waals surface area (Å²) in [5, 5.41) is 11.5. The van der Waals surface area contributed by atoms with E-state index in [2.05, 4.69) is 79.5 Å². The molecular weight excluding hydrogens is 612 g/mol. The van der Waals surface area contributed by atoms with Crippen molar-refractivity contribution in [2.24, 2.45) is 0 Å². The van der Waals surface area contributed by atoms with Crippen LogP contribution < -0.4 is 4.74 Å². The molecule has 11 nitrogen and oxygen atoms in total. The predicted octanol–water partition coefficient (Wildman–Crippen LogP) is 6.47. The highest BCUT2D eigenvalue weighted by molar-refractivity contribution is 5.80. The number of aromatic nitrogens is 10. The van der Waals surface area contributed by atoms with Crippen LogP contribution in [0.1, 0.15) is 51.4 Å². The Morgan fingerprint density at radius 2 is 1.04 bits per heavy atom. The van der Waals surface area contributed by atoms with Gasteiger partial charge in [-0.1, -0.05) is 24.3 Å². The number of benzene rings is 2. The number of hydrogen-bond acceptors (Lipinski definition) is 9. The van der Waals surface area contributed by atoms with Gasteiger partial charge in [-0.15, -0.1) is 0 Å². The van der Waals surface area contributed by atoms with Gasteiger partial charge in [0.2, 0.25) is 0 Å². The monoisotopic (exact) mass is 650 g/mol. The molecule has 6 aromatic heterocycles. The number of pyridine rings is 2. The smallest absolute Gasteiger partial charge is 0.177 e. The second-order valence-electron chi connectivity index (χ2n) is 12.4. The van der Waals surface area contributed by atoms with Gasteiger partial charge in [-0.25, -0.2) is 19.0 Å². The van der Waals surface area contributed by atoms with Crippen LogP contribution in [0, 0.1) is 34.6 Å². The largest absolute Gasteiger partial charge is 0.497 e. The van der Waals surface area contributed by atoms with Crippen LogP contribution in [0.2, 0.25) is 0 Å². The third-order valence-corrected chi connectivity index (χ3v) is 8.58. The predicted molar refractivity (Wildman–Crippen MR) is 190 cm³/mol. The van der Waals surface area contributed by atoms with Gasteiger partial charge in [0.25, 0.3) is 0 Å². The summed E-state index contributed by atoms with van der Waals surface area (Å²) >= 11 is 0. The molecule has 0 aliphatic carbocycles. The first kappa shape index (κ1) is 31.7. The van der Waals surface area contributed by atoms with Gasteiger partial charge >= 0.3 is 0 Å². The van der Waals surface area contributed by atoms with E-state index >= 15 is 0 Å². The lowest BCUT2D eigenvalue weighted by Crippen LogP contribution is -1.99. The van der Waals surface area contributed by atoms with Crippen molar-refractivity contribution in [3.05, 3.63) is 124 Å². The summed E-state index contributed by atoms with van der Waals surface area (Å²) in [6, 6.07) is 20.6. The Hall–Kier alpha value is -5.84. The lowest BCUT2D eigenvalue weighted by molar-refractivity contribution is 0.415. The van der Waals surface area contributed by atoms with Crippen molar-refractivity contribution < 1.29 is 4.74 Å². The van der Waals surface area contributed by atoms with Gasteiger partial charge in [0.15, 0.2) is 22.9 Å². The third kappa shape index (κ3) is 6.78. The van der Waals surface area contributed by atoms with E-state index in [9.17, 15) is 0 Å². The maximum atomic E-state index is 5.28. The van der Waals surface area contributed by atoms with Crippen molar-refractivity contribution in [2.75, 3.05) is 7.11 Å². The van der Waals surface area contributed by atoms with Gasteiger partial charge in [0.05, 0.1) is 40.9 Å². The summed E-state index contributed by atoms with van der Waals surface area (Å²) in [6.45, 7) is 9.97. The Morgan fingerprint density at radius 1 is 0.551 bits per heavy atom. The molecule has 0 bridgehead atoms. The van der Waals surface area contributed by atoms with Crippen LogP contribution in [-0.4, -0.2) is 56.2 Å². The molecular formula is C38H38N10O. The van der Waals surface area contributed by atoms with Crippen molar-refractivity contribution in [3.8, 4) is 5.75 Å². The normalized spacial score (nSPS) is 11.4. The molecule has 0 radical (unpaired) electrons. The summed E-state index contributed by atoms with van der Waals surface area (Å²) in [5.41, 5.74) is 10.7. The average Bonchev–Trinajstić information content (AvgIpc) is 3.76. The van der Waals surface area contributed by atoms with Crippen LogP contribution >= 0.6 is 0 Å². The van der Waals surface area contributed by atoms with Crippen molar-refractivity contribution in [1.82, 2.24) is 49.1 Å². The van der Waals surface area contributed by atoms with Crippen LogP contribution in [0.25, 0.3) is 33.1 Å². The van der Waals surface area contributed by atoms with Gasteiger partial charge in [0, 0.05) is 53.5 Å². The van der Waals surface area contributed by atoms with E-state index in [4.69, 9.17) is 14.7 Å². The SMILES string of the molecule is COc1ccc2ccc(CCc3nc4c(C)ncc(C)n4n3)nc2c1.Cc1ccc2ccc(CCc3nc4c(C)ncc(C)n4n3)nc2c1. The molecule has 49 heavy (non-hydrogen) atoms. The fourth-order valence-corrected chi connectivity index (χ4v) is 5.78. The van der Waals surface area contributed by atoms with Crippen LogP contribution in [0.3, 0.4) is 0 Å². The third-order valence-electron chi connectivity index (χ3n) is 8.58. The van der Waals surface area contributed by atoms with Crippen LogP contribution in [0.4, 0.5) is 0 Å². The van der Waals surface area contributed by atoms with E-state index in [1.54, 1.807) is 7.11 Å². The number of aryl methyl sites for hydroxylation is 9. The number of nitrogens with zero attached hydrogens (tertiary/aromatic N) is 10. The van der Waals surface area contributed by atoms with Crippen LogP contribution in [-0.2, 0) is 25.7 Å². The highest BCUT2D eigenvalue weighted by Crippen LogP contribution is 2.20. The Kier molecular flexibility index (Phi) is 8.65. The van der Waals surface area contributed by atoms with E-state index in [0.29, 0.717) is 0 Å². The lowest BCUT2D eigenvalue weighted by Gasteiger charge is -2.04. The zero-order valence-electron chi connectivity index (χ0n) is 28.6. The zero-order valence-corrected chi connectivity index (χ0v) is 28.6. The van der Waals surface area contributed by atoms with Crippen LogP contribution in [0.5, 0.6) is 5.75 Å². The molecule has 0 N–H and O–H groups in total. The second kappa shape index (κ2) is 13.3. The minimum Gasteiger partial charge on any atom is -0.497 e. The average molecular weight is 651 g/mol. The fourth-order valence-electron chi connectivity index (χ4n) is 5.78. The fraction of sp³-hybridized carbons (Fsp3) is 0.263. The van der Waals surface area contributed by atoms with Gasteiger partial charge < -0.3 is 4.74 Å². The molecule has 2 aromatic carbocycles. The number of rotatable bonds is 7. The highest BCUT2D eigenvalue weighted by atomic mass is 16.5. The van der Waals surface area contributed by atoms with Gasteiger partial charge in [0.1, 0.15) is 5.75 Å².